The molecular formula is C15H14O6. The molecule has 0 saturated heterocycles. The fourth-order valence-electron chi connectivity index (χ4n) is 1.87. The van der Waals surface area contributed by atoms with E-state index in [-0.39, 0.29) is 16.7 Å². The van der Waals surface area contributed by atoms with Crippen LogP contribution in [0, 0.1) is 0 Å². The highest BCUT2D eigenvalue weighted by atomic mass is 16.6. The van der Waals surface area contributed by atoms with Gasteiger partial charge in [-0.3, -0.25) is 19.2 Å². The normalized spacial score (nSPS) is 15.8. The SMILES string of the molecule is C/C=C(/C(=O)OC(C)=O)C(=O)C1=C(C)C(=O)C(C)=CC1=O. The summed E-state index contributed by atoms with van der Waals surface area (Å²) >= 11 is 0. The zero-order valence-electron chi connectivity index (χ0n) is 12.1. The van der Waals surface area contributed by atoms with Crippen molar-refractivity contribution in [3.63, 3.8) is 0 Å². The minimum atomic E-state index is -1.15. The molecule has 0 saturated carbocycles. The minimum Gasteiger partial charge on any atom is -0.390 e. The Morgan fingerprint density at radius 1 is 1.14 bits per heavy atom. The molecule has 6 heteroatoms. The van der Waals surface area contributed by atoms with Crippen molar-refractivity contribution < 1.29 is 28.7 Å². The monoisotopic (exact) mass is 290 g/mol. The molecule has 0 unspecified atom stereocenters. The van der Waals surface area contributed by atoms with Crippen molar-refractivity contribution in [3.05, 3.63) is 34.4 Å². The first-order valence-electron chi connectivity index (χ1n) is 6.12. The first-order chi connectivity index (χ1) is 9.70. The number of esters is 2. The van der Waals surface area contributed by atoms with Crippen LogP contribution in [0.25, 0.3) is 0 Å². The maximum Gasteiger partial charge on any atom is 0.349 e. The van der Waals surface area contributed by atoms with Crippen LogP contribution < -0.4 is 0 Å². The van der Waals surface area contributed by atoms with Crippen LogP contribution in [0.2, 0.25) is 0 Å². The van der Waals surface area contributed by atoms with Gasteiger partial charge in [-0.2, -0.15) is 0 Å². The molecule has 0 amide bonds. The van der Waals surface area contributed by atoms with Gasteiger partial charge >= 0.3 is 11.9 Å². The standard InChI is InChI=1S/C15H14O6/c1-5-10(15(20)21-9(4)16)14(19)12-8(3)13(18)7(2)6-11(12)17/h5-6H,1-4H3/b10-5+. The summed E-state index contributed by atoms with van der Waals surface area (Å²) in [5, 5.41) is 0. The van der Waals surface area contributed by atoms with Crippen LogP contribution in [-0.4, -0.2) is 29.3 Å². The van der Waals surface area contributed by atoms with Crippen molar-refractivity contribution >= 4 is 29.3 Å². The first kappa shape index (κ1) is 16.4. The quantitative estimate of drug-likeness (QED) is 0.253. The Hall–Kier alpha value is -2.63. The van der Waals surface area contributed by atoms with Crippen LogP contribution >= 0.6 is 0 Å². The summed E-state index contributed by atoms with van der Waals surface area (Å²) in [6.07, 6.45) is 2.18. The van der Waals surface area contributed by atoms with Gasteiger partial charge in [-0.1, -0.05) is 6.08 Å². The third kappa shape index (κ3) is 3.28. The summed E-state index contributed by atoms with van der Waals surface area (Å²) in [7, 11) is 0. The van der Waals surface area contributed by atoms with E-state index in [2.05, 4.69) is 4.74 Å². The van der Waals surface area contributed by atoms with Crippen molar-refractivity contribution in [2.45, 2.75) is 27.7 Å². The van der Waals surface area contributed by atoms with Gasteiger partial charge in [0.15, 0.2) is 11.6 Å². The second-order valence-corrected chi connectivity index (χ2v) is 4.43. The molecule has 0 aromatic rings. The Balaban J connectivity index is 3.24. The van der Waals surface area contributed by atoms with E-state index >= 15 is 0 Å². The van der Waals surface area contributed by atoms with E-state index in [0.29, 0.717) is 0 Å². The smallest absolute Gasteiger partial charge is 0.349 e. The van der Waals surface area contributed by atoms with Crippen LogP contribution in [0.4, 0.5) is 0 Å². The summed E-state index contributed by atoms with van der Waals surface area (Å²) < 4.78 is 4.33. The Morgan fingerprint density at radius 2 is 1.71 bits per heavy atom. The molecule has 21 heavy (non-hydrogen) atoms. The molecule has 0 aromatic heterocycles. The number of hydrogen-bond acceptors (Lipinski definition) is 6. The molecule has 0 fully saturated rings. The molecule has 0 aromatic carbocycles. The number of carbonyl (C=O) groups excluding carboxylic acids is 5. The number of ether oxygens (including phenoxy) is 1. The number of Topliss-reactive ketones (excluding diaryl/α,β-unsaturated/α-hetero) is 2. The second kappa shape index (κ2) is 6.21. The Morgan fingerprint density at radius 3 is 2.19 bits per heavy atom. The van der Waals surface area contributed by atoms with E-state index in [9.17, 15) is 24.0 Å². The average Bonchev–Trinajstić information content (AvgIpc) is 2.36. The zero-order chi connectivity index (χ0) is 16.3. The topological polar surface area (TPSA) is 94.6 Å². The van der Waals surface area contributed by atoms with Crippen LogP contribution in [0.15, 0.2) is 34.4 Å². The van der Waals surface area contributed by atoms with Crippen molar-refractivity contribution in [1.82, 2.24) is 0 Å². The largest absolute Gasteiger partial charge is 0.390 e. The van der Waals surface area contributed by atoms with E-state index in [1.165, 1.54) is 20.8 Å². The fourth-order valence-corrected chi connectivity index (χ4v) is 1.87. The molecule has 1 aliphatic carbocycles. The van der Waals surface area contributed by atoms with Crippen molar-refractivity contribution in [1.29, 1.82) is 0 Å². The lowest BCUT2D eigenvalue weighted by Gasteiger charge is -2.14. The highest BCUT2D eigenvalue weighted by Crippen LogP contribution is 2.22. The maximum atomic E-state index is 12.3. The zero-order valence-corrected chi connectivity index (χ0v) is 12.1. The number of allylic oxidation sites excluding steroid dienone is 5. The van der Waals surface area contributed by atoms with E-state index in [4.69, 9.17) is 0 Å². The molecule has 0 atom stereocenters. The van der Waals surface area contributed by atoms with Crippen molar-refractivity contribution in [3.8, 4) is 0 Å². The summed E-state index contributed by atoms with van der Waals surface area (Å²) in [5.74, 6) is -4.04. The van der Waals surface area contributed by atoms with Gasteiger partial charge in [0, 0.05) is 18.1 Å². The molecule has 110 valence electrons. The van der Waals surface area contributed by atoms with E-state index in [1.807, 2.05) is 0 Å². The molecule has 6 nitrogen and oxygen atoms in total. The predicted molar refractivity (Wildman–Crippen MR) is 72.0 cm³/mol. The van der Waals surface area contributed by atoms with Crippen LogP contribution in [-0.2, 0) is 28.7 Å². The van der Waals surface area contributed by atoms with E-state index in [0.717, 1.165) is 19.1 Å². The van der Waals surface area contributed by atoms with Gasteiger partial charge < -0.3 is 4.74 Å². The lowest BCUT2D eigenvalue weighted by molar-refractivity contribution is -0.155. The van der Waals surface area contributed by atoms with E-state index < -0.39 is 34.9 Å². The highest BCUT2D eigenvalue weighted by Gasteiger charge is 2.32. The highest BCUT2D eigenvalue weighted by molar-refractivity contribution is 6.40. The summed E-state index contributed by atoms with van der Waals surface area (Å²) in [6.45, 7) is 5.21. The van der Waals surface area contributed by atoms with Crippen LogP contribution in [0.1, 0.15) is 27.7 Å². The third-order valence-corrected chi connectivity index (χ3v) is 2.88. The first-order valence-corrected chi connectivity index (χ1v) is 6.12. The van der Waals surface area contributed by atoms with Gasteiger partial charge in [0.25, 0.3) is 0 Å². The molecule has 0 radical (unpaired) electrons. The third-order valence-electron chi connectivity index (χ3n) is 2.88. The van der Waals surface area contributed by atoms with Gasteiger partial charge in [-0.15, -0.1) is 0 Å². The average molecular weight is 290 g/mol. The molecule has 0 N–H and O–H groups in total. The number of ketones is 3. The van der Waals surface area contributed by atoms with Gasteiger partial charge in [-0.05, 0) is 26.8 Å². The molecule has 0 spiro atoms. The number of carbonyl (C=O) groups is 5. The van der Waals surface area contributed by atoms with E-state index in [1.54, 1.807) is 0 Å². The Kier molecular flexibility index (Phi) is 4.86. The number of hydrogen-bond donors (Lipinski definition) is 0. The predicted octanol–water partition coefficient (Wildman–Crippen LogP) is 1.01. The summed E-state index contributed by atoms with van der Waals surface area (Å²) in [5.41, 5.74) is -0.643. The lowest BCUT2D eigenvalue weighted by atomic mass is 9.86. The van der Waals surface area contributed by atoms with Gasteiger partial charge in [0.1, 0.15) is 5.57 Å². The van der Waals surface area contributed by atoms with Crippen LogP contribution in [0.3, 0.4) is 0 Å². The van der Waals surface area contributed by atoms with Gasteiger partial charge in [-0.25, -0.2) is 4.79 Å². The molecular weight excluding hydrogens is 276 g/mol. The molecule has 0 heterocycles. The van der Waals surface area contributed by atoms with Crippen molar-refractivity contribution in [2.75, 3.05) is 0 Å². The fraction of sp³-hybridized carbons (Fsp3) is 0.267. The Bertz CT molecular complexity index is 658. The lowest BCUT2D eigenvalue weighted by Crippen LogP contribution is -2.27. The van der Waals surface area contributed by atoms with Gasteiger partial charge in [0.2, 0.25) is 5.78 Å². The second-order valence-electron chi connectivity index (χ2n) is 4.43. The molecule has 0 aliphatic heterocycles. The summed E-state index contributed by atoms with van der Waals surface area (Å²) in [6, 6.07) is 0. The molecule has 1 rings (SSSR count). The van der Waals surface area contributed by atoms with Crippen molar-refractivity contribution in [2.24, 2.45) is 0 Å². The van der Waals surface area contributed by atoms with Gasteiger partial charge in [0.05, 0.1) is 5.57 Å². The molecule has 1 aliphatic rings. The number of rotatable bonds is 3. The van der Waals surface area contributed by atoms with Crippen LogP contribution in [0.5, 0.6) is 0 Å². The maximum absolute atomic E-state index is 12.3. The minimum absolute atomic E-state index is 0.0278. The molecule has 0 bridgehead atoms. The summed E-state index contributed by atoms with van der Waals surface area (Å²) in [4.78, 5) is 58.5. The Labute approximate surface area is 121 Å².